The largest absolute Gasteiger partial charge is 0.464 e. The first-order valence-corrected chi connectivity index (χ1v) is 6.80. The molecule has 0 amide bonds. The summed E-state index contributed by atoms with van der Waals surface area (Å²) >= 11 is 0. The number of carbonyl (C=O) groups is 1. The molecule has 0 spiro atoms. The van der Waals surface area contributed by atoms with E-state index in [1.807, 2.05) is 0 Å². The Morgan fingerprint density at radius 1 is 1.26 bits per heavy atom. The minimum Gasteiger partial charge on any atom is -0.464 e. The Kier molecular flexibility index (Phi) is 4.71. The van der Waals surface area contributed by atoms with Gasteiger partial charge in [0, 0.05) is 25.9 Å². The third-order valence-corrected chi connectivity index (χ3v) is 3.50. The van der Waals surface area contributed by atoms with Gasteiger partial charge in [0.05, 0.1) is 12.8 Å². The van der Waals surface area contributed by atoms with Crippen molar-refractivity contribution in [3.05, 3.63) is 17.5 Å². The van der Waals surface area contributed by atoms with E-state index in [2.05, 4.69) is 14.9 Å². The molecule has 0 aromatic carbocycles. The Morgan fingerprint density at radius 2 is 1.96 bits per heavy atom. The van der Waals surface area contributed by atoms with E-state index < -0.39 is 35.9 Å². The van der Waals surface area contributed by atoms with E-state index in [4.69, 9.17) is 0 Å². The smallest absolute Gasteiger partial charge is 0.435 e. The number of methoxy groups -OCH3 is 1. The van der Waals surface area contributed by atoms with Gasteiger partial charge in [-0.3, -0.25) is 0 Å². The molecule has 10 heteroatoms. The lowest BCUT2D eigenvalue weighted by Gasteiger charge is -2.24. The number of nitrogens with zero attached hydrogens (tertiary/aromatic N) is 3. The summed E-state index contributed by atoms with van der Waals surface area (Å²) in [4.78, 5) is 13.0. The first kappa shape index (κ1) is 17.4. The summed E-state index contributed by atoms with van der Waals surface area (Å²) < 4.78 is 69.7. The number of esters is 1. The molecule has 0 saturated carbocycles. The van der Waals surface area contributed by atoms with Crippen LogP contribution in [-0.2, 0) is 10.9 Å². The molecule has 23 heavy (non-hydrogen) atoms. The van der Waals surface area contributed by atoms with Crippen molar-refractivity contribution < 1.29 is 31.5 Å². The van der Waals surface area contributed by atoms with Gasteiger partial charge in [-0.15, -0.1) is 10.2 Å². The molecule has 0 radical (unpaired) electrons. The van der Waals surface area contributed by atoms with Crippen molar-refractivity contribution in [2.75, 3.05) is 25.1 Å². The van der Waals surface area contributed by atoms with Gasteiger partial charge < -0.3 is 9.64 Å². The second-order valence-corrected chi connectivity index (χ2v) is 5.15. The standard InChI is InChI=1S/C13H14F5N3O2/c1-23-11(22)10-8(7-9(19-20-10)13(16,17)18)21-5-2-3-12(14,15)4-6-21/h7H,2-6H2,1H3. The lowest BCUT2D eigenvalue weighted by atomic mass is 10.1. The molecule has 1 aliphatic rings. The number of carbonyl (C=O) groups excluding carboxylic acids is 1. The number of hydrogen-bond acceptors (Lipinski definition) is 5. The van der Waals surface area contributed by atoms with E-state index in [1.165, 1.54) is 4.90 Å². The number of rotatable bonds is 2. The zero-order valence-electron chi connectivity index (χ0n) is 12.2. The molecule has 0 N–H and O–H groups in total. The Balaban J connectivity index is 2.42. The van der Waals surface area contributed by atoms with Gasteiger partial charge in [0.1, 0.15) is 0 Å². The van der Waals surface area contributed by atoms with Crippen LogP contribution in [0.5, 0.6) is 0 Å². The fourth-order valence-electron chi connectivity index (χ4n) is 2.31. The van der Waals surface area contributed by atoms with Crippen LogP contribution in [0.4, 0.5) is 27.6 Å². The summed E-state index contributed by atoms with van der Waals surface area (Å²) in [7, 11) is 1.04. The first-order chi connectivity index (χ1) is 10.6. The molecule has 0 aliphatic carbocycles. The summed E-state index contributed by atoms with van der Waals surface area (Å²) in [6, 6.07) is 0.642. The molecule has 1 aliphatic heterocycles. The van der Waals surface area contributed by atoms with Crippen LogP contribution >= 0.6 is 0 Å². The van der Waals surface area contributed by atoms with Crippen LogP contribution in [0.3, 0.4) is 0 Å². The summed E-state index contributed by atoms with van der Waals surface area (Å²) in [6.07, 6.45) is -5.55. The molecule has 5 nitrogen and oxygen atoms in total. The molecule has 128 valence electrons. The van der Waals surface area contributed by atoms with Gasteiger partial charge in [-0.1, -0.05) is 0 Å². The van der Waals surface area contributed by atoms with Gasteiger partial charge >= 0.3 is 12.1 Å². The van der Waals surface area contributed by atoms with Crippen molar-refractivity contribution in [1.29, 1.82) is 0 Å². The molecule has 0 bridgehead atoms. The van der Waals surface area contributed by atoms with Gasteiger partial charge in [-0.05, 0) is 12.5 Å². The van der Waals surface area contributed by atoms with Crippen molar-refractivity contribution in [1.82, 2.24) is 10.2 Å². The monoisotopic (exact) mass is 339 g/mol. The Hall–Kier alpha value is -2.00. The number of anilines is 1. The molecule has 1 aromatic rings. The van der Waals surface area contributed by atoms with Gasteiger partial charge in [0.15, 0.2) is 11.4 Å². The van der Waals surface area contributed by atoms with Crippen LogP contribution < -0.4 is 4.90 Å². The zero-order valence-corrected chi connectivity index (χ0v) is 12.2. The van der Waals surface area contributed by atoms with Crippen molar-refractivity contribution in [3.63, 3.8) is 0 Å². The molecular weight excluding hydrogens is 325 g/mol. The van der Waals surface area contributed by atoms with Crippen LogP contribution in [0.1, 0.15) is 35.4 Å². The topological polar surface area (TPSA) is 55.3 Å². The average Bonchev–Trinajstić information content (AvgIpc) is 2.65. The number of ether oxygens (including phenoxy) is 1. The predicted octanol–water partition coefficient (Wildman–Crippen LogP) is 2.91. The van der Waals surface area contributed by atoms with Crippen molar-refractivity contribution in [2.45, 2.75) is 31.4 Å². The van der Waals surface area contributed by atoms with E-state index in [0.717, 1.165) is 7.11 Å². The van der Waals surface area contributed by atoms with Crippen molar-refractivity contribution >= 4 is 11.7 Å². The maximum absolute atomic E-state index is 13.4. The van der Waals surface area contributed by atoms with Crippen LogP contribution in [-0.4, -0.2) is 42.3 Å². The quantitative estimate of drug-likeness (QED) is 0.613. The Bertz CT molecular complexity index is 591. The first-order valence-electron chi connectivity index (χ1n) is 6.80. The predicted molar refractivity (Wildman–Crippen MR) is 69.4 cm³/mol. The lowest BCUT2D eigenvalue weighted by Crippen LogP contribution is -2.29. The van der Waals surface area contributed by atoms with Crippen molar-refractivity contribution in [2.24, 2.45) is 0 Å². The Labute approximate surface area is 128 Å². The lowest BCUT2D eigenvalue weighted by molar-refractivity contribution is -0.141. The van der Waals surface area contributed by atoms with Gasteiger partial charge in [-0.2, -0.15) is 13.2 Å². The highest BCUT2D eigenvalue weighted by molar-refractivity contribution is 5.93. The third-order valence-electron chi connectivity index (χ3n) is 3.50. The zero-order chi connectivity index (χ0) is 17.3. The highest BCUT2D eigenvalue weighted by atomic mass is 19.4. The molecule has 0 atom stereocenters. The van der Waals surface area contributed by atoms with E-state index in [-0.39, 0.29) is 31.6 Å². The number of aromatic nitrogens is 2. The Morgan fingerprint density at radius 3 is 2.57 bits per heavy atom. The van der Waals surface area contributed by atoms with E-state index in [1.54, 1.807) is 0 Å². The van der Waals surface area contributed by atoms with Crippen LogP contribution in [0, 0.1) is 0 Å². The van der Waals surface area contributed by atoms with E-state index in [0.29, 0.717) is 6.07 Å². The fourth-order valence-corrected chi connectivity index (χ4v) is 2.31. The molecule has 2 heterocycles. The summed E-state index contributed by atoms with van der Waals surface area (Å²) in [5.74, 6) is -3.86. The minimum absolute atomic E-state index is 0.0806. The minimum atomic E-state index is -4.76. The highest BCUT2D eigenvalue weighted by Gasteiger charge is 2.37. The third kappa shape index (κ3) is 4.05. The molecule has 1 saturated heterocycles. The second-order valence-electron chi connectivity index (χ2n) is 5.15. The average molecular weight is 339 g/mol. The summed E-state index contributed by atoms with van der Waals surface area (Å²) in [6.45, 7) is -0.109. The fraction of sp³-hybridized carbons (Fsp3) is 0.615. The number of alkyl halides is 5. The molecule has 0 unspecified atom stereocenters. The summed E-state index contributed by atoms with van der Waals surface area (Å²) in [5, 5.41) is 6.26. The molecular formula is C13H14F5N3O2. The van der Waals surface area contributed by atoms with Crippen LogP contribution in [0.15, 0.2) is 6.07 Å². The SMILES string of the molecule is COC(=O)c1nnc(C(F)(F)F)cc1N1CCCC(F)(F)CC1. The second kappa shape index (κ2) is 6.25. The highest BCUT2D eigenvalue weighted by Crippen LogP contribution is 2.34. The van der Waals surface area contributed by atoms with Gasteiger partial charge in [-0.25, -0.2) is 13.6 Å². The molecule has 2 rings (SSSR count). The van der Waals surface area contributed by atoms with E-state index >= 15 is 0 Å². The van der Waals surface area contributed by atoms with Crippen LogP contribution in [0.25, 0.3) is 0 Å². The van der Waals surface area contributed by atoms with E-state index in [9.17, 15) is 26.7 Å². The van der Waals surface area contributed by atoms with Gasteiger partial charge in [0.25, 0.3) is 0 Å². The summed E-state index contributed by atoms with van der Waals surface area (Å²) in [5.41, 5.74) is -1.92. The number of halogens is 5. The maximum atomic E-state index is 13.4. The maximum Gasteiger partial charge on any atom is 0.435 e. The van der Waals surface area contributed by atoms with Crippen LogP contribution in [0.2, 0.25) is 0 Å². The van der Waals surface area contributed by atoms with Crippen molar-refractivity contribution in [3.8, 4) is 0 Å². The normalized spacial score (nSPS) is 18.4. The van der Waals surface area contributed by atoms with Gasteiger partial charge in [0.2, 0.25) is 5.92 Å². The number of hydrogen-bond donors (Lipinski definition) is 0. The molecule has 1 aromatic heterocycles. The molecule has 1 fully saturated rings.